The van der Waals surface area contributed by atoms with Gasteiger partial charge in [-0.1, -0.05) is 30.3 Å². The van der Waals surface area contributed by atoms with Crippen molar-refractivity contribution in [1.82, 2.24) is 5.32 Å². The van der Waals surface area contributed by atoms with E-state index in [2.05, 4.69) is 5.32 Å². The predicted octanol–water partition coefficient (Wildman–Crippen LogP) is 2.99. The number of hydrogen-bond donors (Lipinski definition) is 2. The molecular formula is C17H18FNO2. The Morgan fingerprint density at radius 2 is 2.00 bits per heavy atom. The lowest BCUT2D eigenvalue weighted by Gasteiger charge is -2.12. The van der Waals surface area contributed by atoms with Gasteiger partial charge in [0.1, 0.15) is 5.82 Å². The number of benzene rings is 2. The summed E-state index contributed by atoms with van der Waals surface area (Å²) in [7, 11) is 0. The molecule has 21 heavy (non-hydrogen) atoms. The maximum Gasteiger partial charge on any atom is 0.251 e. The van der Waals surface area contributed by atoms with Crippen LogP contribution in [0.3, 0.4) is 0 Å². The number of carbonyl (C=O) groups is 1. The van der Waals surface area contributed by atoms with Crippen molar-refractivity contribution in [2.75, 3.05) is 6.54 Å². The summed E-state index contributed by atoms with van der Waals surface area (Å²) in [6.45, 7) is 2.20. The van der Waals surface area contributed by atoms with E-state index in [0.29, 0.717) is 24.1 Å². The molecule has 2 aromatic carbocycles. The Hall–Kier alpha value is -2.20. The van der Waals surface area contributed by atoms with Crippen molar-refractivity contribution >= 4 is 5.91 Å². The minimum Gasteiger partial charge on any atom is -0.388 e. The fraction of sp³-hybridized carbons (Fsp3) is 0.235. The van der Waals surface area contributed by atoms with Crippen molar-refractivity contribution in [3.8, 4) is 0 Å². The number of hydrogen-bond acceptors (Lipinski definition) is 2. The molecule has 0 aromatic heterocycles. The highest BCUT2D eigenvalue weighted by atomic mass is 19.1. The summed E-state index contributed by atoms with van der Waals surface area (Å²) in [5.41, 5.74) is 2.04. The van der Waals surface area contributed by atoms with E-state index >= 15 is 0 Å². The molecule has 0 bridgehead atoms. The number of halogens is 1. The fourth-order valence-corrected chi connectivity index (χ4v) is 2.13. The Morgan fingerprint density at radius 1 is 1.24 bits per heavy atom. The third-order valence-corrected chi connectivity index (χ3v) is 3.33. The van der Waals surface area contributed by atoms with Crippen molar-refractivity contribution in [2.45, 2.75) is 19.4 Å². The average Bonchev–Trinajstić information content (AvgIpc) is 2.47. The SMILES string of the molecule is Cc1ccccc1C(=O)NCCC(O)c1cccc(F)c1. The average molecular weight is 287 g/mol. The van der Waals surface area contributed by atoms with Crippen molar-refractivity contribution < 1.29 is 14.3 Å². The molecule has 4 heteroatoms. The number of nitrogens with one attached hydrogen (secondary N) is 1. The molecule has 0 saturated heterocycles. The van der Waals surface area contributed by atoms with Crippen LogP contribution in [0.1, 0.15) is 34.0 Å². The van der Waals surface area contributed by atoms with Crippen molar-refractivity contribution in [1.29, 1.82) is 0 Å². The van der Waals surface area contributed by atoms with Crippen LogP contribution in [0.15, 0.2) is 48.5 Å². The van der Waals surface area contributed by atoms with E-state index in [-0.39, 0.29) is 11.7 Å². The standard InChI is InChI=1S/C17H18FNO2/c1-12-5-2-3-8-15(12)17(21)19-10-9-16(20)13-6-4-7-14(18)11-13/h2-8,11,16,20H,9-10H2,1H3,(H,19,21). The molecule has 2 aromatic rings. The summed E-state index contributed by atoms with van der Waals surface area (Å²) in [5, 5.41) is 12.7. The maximum atomic E-state index is 13.1. The normalized spacial score (nSPS) is 12.0. The van der Waals surface area contributed by atoms with Crippen LogP contribution in [0, 0.1) is 12.7 Å². The van der Waals surface area contributed by atoms with Crippen LogP contribution in [0.25, 0.3) is 0 Å². The number of rotatable bonds is 5. The van der Waals surface area contributed by atoms with Crippen LogP contribution in [0.5, 0.6) is 0 Å². The van der Waals surface area contributed by atoms with Crippen LogP contribution in [-0.4, -0.2) is 17.6 Å². The highest BCUT2D eigenvalue weighted by Crippen LogP contribution is 2.16. The first-order chi connectivity index (χ1) is 10.1. The van der Waals surface area contributed by atoms with Gasteiger partial charge in [-0.05, 0) is 42.7 Å². The van der Waals surface area contributed by atoms with Crippen LogP contribution in [0.4, 0.5) is 4.39 Å². The van der Waals surface area contributed by atoms with E-state index in [0.717, 1.165) is 5.56 Å². The molecule has 1 unspecified atom stereocenters. The Labute approximate surface area is 123 Å². The molecule has 2 N–H and O–H groups in total. The number of carbonyl (C=O) groups excluding carboxylic acids is 1. The Morgan fingerprint density at radius 3 is 2.71 bits per heavy atom. The highest BCUT2D eigenvalue weighted by Gasteiger charge is 2.11. The van der Waals surface area contributed by atoms with Gasteiger partial charge in [-0.2, -0.15) is 0 Å². The number of amides is 1. The molecule has 1 atom stereocenters. The highest BCUT2D eigenvalue weighted by molar-refractivity contribution is 5.95. The molecular weight excluding hydrogens is 269 g/mol. The van der Waals surface area contributed by atoms with Crippen molar-refractivity contribution in [3.63, 3.8) is 0 Å². The molecule has 2 rings (SSSR count). The van der Waals surface area contributed by atoms with Gasteiger partial charge in [-0.15, -0.1) is 0 Å². The Kier molecular flexibility index (Phi) is 5.06. The second kappa shape index (κ2) is 6.99. The summed E-state index contributed by atoms with van der Waals surface area (Å²) in [5.74, 6) is -0.546. The summed E-state index contributed by atoms with van der Waals surface area (Å²) >= 11 is 0. The molecule has 0 spiro atoms. The topological polar surface area (TPSA) is 49.3 Å². The molecule has 1 amide bonds. The van der Waals surface area contributed by atoms with E-state index in [1.54, 1.807) is 18.2 Å². The molecule has 0 fully saturated rings. The number of aliphatic hydroxyl groups excluding tert-OH is 1. The summed E-state index contributed by atoms with van der Waals surface area (Å²) in [6.07, 6.45) is -0.459. The summed E-state index contributed by atoms with van der Waals surface area (Å²) in [6, 6.07) is 13.2. The van der Waals surface area contributed by atoms with Gasteiger partial charge in [-0.3, -0.25) is 4.79 Å². The monoisotopic (exact) mass is 287 g/mol. The van der Waals surface area contributed by atoms with Crippen LogP contribution in [0.2, 0.25) is 0 Å². The lowest BCUT2D eigenvalue weighted by Crippen LogP contribution is -2.26. The van der Waals surface area contributed by atoms with Gasteiger partial charge < -0.3 is 10.4 Å². The van der Waals surface area contributed by atoms with Crippen LogP contribution in [-0.2, 0) is 0 Å². The lowest BCUT2D eigenvalue weighted by atomic mass is 10.1. The van der Waals surface area contributed by atoms with Gasteiger partial charge in [0.25, 0.3) is 5.91 Å². The molecule has 0 saturated carbocycles. The van der Waals surface area contributed by atoms with E-state index in [1.807, 2.05) is 25.1 Å². The largest absolute Gasteiger partial charge is 0.388 e. The van der Waals surface area contributed by atoms with Gasteiger partial charge in [0, 0.05) is 12.1 Å². The van der Waals surface area contributed by atoms with Gasteiger partial charge in [0.15, 0.2) is 0 Å². The molecule has 0 aliphatic carbocycles. The fourth-order valence-electron chi connectivity index (χ4n) is 2.13. The van der Waals surface area contributed by atoms with Crippen LogP contribution >= 0.6 is 0 Å². The molecule has 0 heterocycles. The Balaban J connectivity index is 1.87. The van der Waals surface area contributed by atoms with E-state index in [1.165, 1.54) is 12.1 Å². The molecule has 3 nitrogen and oxygen atoms in total. The summed E-state index contributed by atoms with van der Waals surface area (Å²) < 4.78 is 13.1. The second-order valence-electron chi connectivity index (χ2n) is 4.93. The number of aliphatic hydroxyl groups is 1. The van der Waals surface area contributed by atoms with E-state index in [9.17, 15) is 14.3 Å². The maximum absolute atomic E-state index is 13.1. The molecule has 0 aliphatic heterocycles. The third kappa shape index (κ3) is 4.13. The third-order valence-electron chi connectivity index (χ3n) is 3.33. The van der Waals surface area contributed by atoms with Gasteiger partial charge in [-0.25, -0.2) is 4.39 Å². The van der Waals surface area contributed by atoms with Crippen molar-refractivity contribution in [2.24, 2.45) is 0 Å². The zero-order chi connectivity index (χ0) is 15.2. The minimum atomic E-state index is -0.794. The number of aryl methyl sites for hydroxylation is 1. The summed E-state index contributed by atoms with van der Waals surface area (Å²) in [4.78, 5) is 12.0. The first-order valence-electron chi connectivity index (χ1n) is 6.85. The van der Waals surface area contributed by atoms with Crippen LogP contribution < -0.4 is 5.32 Å². The smallest absolute Gasteiger partial charge is 0.251 e. The second-order valence-corrected chi connectivity index (χ2v) is 4.93. The predicted molar refractivity (Wildman–Crippen MR) is 79.5 cm³/mol. The zero-order valence-corrected chi connectivity index (χ0v) is 11.8. The molecule has 110 valence electrons. The van der Waals surface area contributed by atoms with E-state index in [4.69, 9.17) is 0 Å². The van der Waals surface area contributed by atoms with Gasteiger partial charge >= 0.3 is 0 Å². The molecule has 0 radical (unpaired) electrons. The van der Waals surface area contributed by atoms with Gasteiger partial charge in [0.05, 0.1) is 6.10 Å². The zero-order valence-electron chi connectivity index (χ0n) is 11.8. The minimum absolute atomic E-state index is 0.167. The lowest BCUT2D eigenvalue weighted by molar-refractivity contribution is 0.0942. The van der Waals surface area contributed by atoms with Gasteiger partial charge in [0.2, 0.25) is 0 Å². The van der Waals surface area contributed by atoms with E-state index < -0.39 is 6.10 Å². The van der Waals surface area contributed by atoms with Crippen molar-refractivity contribution in [3.05, 3.63) is 71.0 Å². The molecule has 0 aliphatic rings. The first kappa shape index (κ1) is 15.2. The first-order valence-corrected chi connectivity index (χ1v) is 6.85. The Bertz CT molecular complexity index is 628. The quantitative estimate of drug-likeness (QED) is 0.888.